The van der Waals surface area contributed by atoms with Gasteiger partial charge in [-0.05, 0) is 29.8 Å². The molecule has 2 rings (SSSR count). The Hall–Kier alpha value is -2.01. The van der Waals surface area contributed by atoms with Crippen molar-refractivity contribution in [1.29, 1.82) is 0 Å². The normalized spacial score (nSPS) is 10.4. The van der Waals surface area contributed by atoms with Crippen LogP contribution >= 0.6 is 11.6 Å². The number of hydrogen-bond acceptors (Lipinski definition) is 2. The first kappa shape index (κ1) is 14.4. The molecule has 0 radical (unpaired) electrons. The number of pyridine rings is 1. The highest BCUT2D eigenvalue weighted by Gasteiger charge is 2.17. The van der Waals surface area contributed by atoms with E-state index in [0.717, 1.165) is 11.0 Å². The second kappa shape index (κ2) is 5.96. The molecule has 0 aliphatic carbocycles. The summed E-state index contributed by atoms with van der Waals surface area (Å²) in [5.41, 5.74) is 0.473. The Morgan fingerprint density at radius 1 is 1.35 bits per heavy atom. The molecule has 0 aliphatic rings. The Kier molecular flexibility index (Phi) is 4.29. The zero-order chi connectivity index (χ0) is 14.7. The molecule has 0 saturated heterocycles. The molecule has 1 heterocycles. The minimum atomic E-state index is -0.589. The van der Waals surface area contributed by atoms with E-state index in [-0.39, 0.29) is 17.3 Å². The summed E-state index contributed by atoms with van der Waals surface area (Å²) in [6, 6.07) is 6.44. The molecule has 0 spiro atoms. The molecular formula is C14H11ClF2N2O. The van der Waals surface area contributed by atoms with Crippen LogP contribution in [0.3, 0.4) is 0 Å². The molecule has 20 heavy (non-hydrogen) atoms. The van der Waals surface area contributed by atoms with Gasteiger partial charge in [0, 0.05) is 18.3 Å². The molecule has 2 aromatic rings. The molecule has 3 nitrogen and oxygen atoms in total. The Balaban J connectivity index is 2.18. The highest BCUT2D eigenvalue weighted by atomic mass is 35.5. The summed E-state index contributed by atoms with van der Waals surface area (Å²) in [7, 11) is 1.42. The van der Waals surface area contributed by atoms with Gasteiger partial charge in [-0.3, -0.25) is 9.69 Å². The standard InChI is InChI=1S/C14H11ClF2N2O/c1-19(14-12(17)3-2-6-18-14)13(20)7-9-4-5-10(16)8-11(9)15/h2-6,8H,7H2,1H3. The predicted octanol–water partition coefficient (Wildman–Crippen LogP) is 3.22. The summed E-state index contributed by atoms with van der Waals surface area (Å²) in [4.78, 5) is 17.0. The lowest BCUT2D eigenvalue weighted by Gasteiger charge is -2.17. The average molecular weight is 297 g/mol. The van der Waals surface area contributed by atoms with Crippen LogP contribution in [0.25, 0.3) is 0 Å². The summed E-state index contributed by atoms with van der Waals surface area (Å²) in [5, 5.41) is 0.160. The van der Waals surface area contributed by atoms with Crippen molar-refractivity contribution in [2.45, 2.75) is 6.42 Å². The van der Waals surface area contributed by atoms with Gasteiger partial charge in [0.15, 0.2) is 11.6 Å². The van der Waals surface area contributed by atoms with E-state index in [9.17, 15) is 13.6 Å². The molecule has 0 atom stereocenters. The molecule has 0 bridgehead atoms. The lowest BCUT2D eigenvalue weighted by molar-refractivity contribution is -0.117. The van der Waals surface area contributed by atoms with Gasteiger partial charge in [0.05, 0.1) is 6.42 Å². The largest absolute Gasteiger partial charge is 0.297 e. The maximum Gasteiger partial charge on any atom is 0.232 e. The minimum absolute atomic E-state index is 0.0595. The topological polar surface area (TPSA) is 33.2 Å². The van der Waals surface area contributed by atoms with Crippen LogP contribution in [0.15, 0.2) is 36.5 Å². The zero-order valence-electron chi connectivity index (χ0n) is 10.6. The number of likely N-dealkylation sites (N-methyl/N-ethyl adjacent to an activating group) is 1. The number of amides is 1. The quantitative estimate of drug-likeness (QED) is 0.871. The maximum absolute atomic E-state index is 13.5. The van der Waals surface area contributed by atoms with Crippen LogP contribution in [-0.2, 0) is 11.2 Å². The number of halogens is 3. The summed E-state index contributed by atoms with van der Waals surface area (Å²) < 4.78 is 26.5. The second-order valence-electron chi connectivity index (χ2n) is 4.17. The molecule has 1 aromatic carbocycles. The van der Waals surface area contributed by atoms with Gasteiger partial charge in [-0.1, -0.05) is 17.7 Å². The number of hydrogen-bond donors (Lipinski definition) is 0. The van der Waals surface area contributed by atoms with E-state index >= 15 is 0 Å². The van der Waals surface area contributed by atoms with Crippen LogP contribution in [0, 0.1) is 11.6 Å². The highest BCUT2D eigenvalue weighted by Crippen LogP contribution is 2.20. The summed E-state index contributed by atoms with van der Waals surface area (Å²) in [6.45, 7) is 0. The van der Waals surface area contributed by atoms with E-state index in [2.05, 4.69) is 4.98 Å². The molecule has 0 fully saturated rings. The fraction of sp³-hybridized carbons (Fsp3) is 0.143. The molecule has 0 saturated carbocycles. The van der Waals surface area contributed by atoms with Gasteiger partial charge < -0.3 is 0 Å². The molecular weight excluding hydrogens is 286 g/mol. The predicted molar refractivity (Wildman–Crippen MR) is 72.7 cm³/mol. The van der Waals surface area contributed by atoms with E-state index in [4.69, 9.17) is 11.6 Å². The number of anilines is 1. The summed E-state index contributed by atoms with van der Waals surface area (Å²) in [6.07, 6.45) is 1.33. The van der Waals surface area contributed by atoms with Gasteiger partial charge in [0.25, 0.3) is 0 Å². The molecule has 1 aromatic heterocycles. The number of carbonyl (C=O) groups is 1. The third-order valence-electron chi connectivity index (χ3n) is 2.79. The fourth-order valence-electron chi connectivity index (χ4n) is 1.69. The first-order valence-corrected chi connectivity index (χ1v) is 6.18. The van der Waals surface area contributed by atoms with Crippen molar-refractivity contribution in [2.75, 3.05) is 11.9 Å². The van der Waals surface area contributed by atoms with Crippen molar-refractivity contribution >= 4 is 23.3 Å². The second-order valence-corrected chi connectivity index (χ2v) is 4.58. The molecule has 0 unspecified atom stereocenters. The summed E-state index contributed by atoms with van der Waals surface area (Å²) in [5.74, 6) is -1.52. The molecule has 0 N–H and O–H groups in total. The molecule has 1 amide bonds. The van der Waals surface area contributed by atoms with E-state index < -0.39 is 17.5 Å². The van der Waals surface area contributed by atoms with Gasteiger partial charge in [-0.15, -0.1) is 0 Å². The average Bonchev–Trinajstić information content (AvgIpc) is 2.41. The lowest BCUT2D eigenvalue weighted by atomic mass is 10.1. The number of carbonyl (C=O) groups excluding carboxylic acids is 1. The van der Waals surface area contributed by atoms with Crippen molar-refractivity contribution in [2.24, 2.45) is 0 Å². The smallest absolute Gasteiger partial charge is 0.232 e. The molecule has 104 valence electrons. The first-order chi connectivity index (χ1) is 9.49. The SMILES string of the molecule is CN(C(=O)Cc1ccc(F)cc1Cl)c1ncccc1F. The van der Waals surface area contributed by atoms with Gasteiger partial charge in [-0.2, -0.15) is 0 Å². The van der Waals surface area contributed by atoms with Crippen molar-refractivity contribution < 1.29 is 13.6 Å². The van der Waals surface area contributed by atoms with Gasteiger partial charge in [0.1, 0.15) is 5.82 Å². The van der Waals surface area contributed by atoms with E-state index in [1.165, 1.54) is 37.5 Å². The van der Waals surface area contributed by atoms with Gasteiger partial charge in [-0.25, -0.2) is 13.8 Å². The van der Waals surface area contributed by atoms with Crippen molar-refractivity contribution in [3.63, 3.8) is 0 Å². The molecule has 0 aliphatic heterocycles. The number of nitrogens with zero attached hydrogens (tertiary/aromatic N) is 2. The maximum atomic E-state index is 13.5. The third-order valence-corrected chi connectivity index (χ3v) is 3.14. The minimum Gasteiger partial charge on any atom is -0.297 e. The number of rotatable bonds is 3. The van der Waals surface area contributed by atoms with Crippen LogP contribution in [0.2, 0.25) is 5.02 Å². The first-order valence-electron chi connectivity index (χ1n) is 5.80. The van der Waals surface area contributed by atoms with Crippen LogP contribution in [-0.4, -0.2) is 17.9 Å². The zero-order valence-corrected chi connectivity index (χ0v) is 11.4. The lowest BCUT2D eigenvalue weighted by Crippen LogP contribution is -2.29. The van der Waals surface area contributed by atoms with Crippen molar-refractivity contribution in [3.05, 3.63) is 58.7 Å². The molecule has 6 heteroatoms. The Morgan fingerprint density at radius 3 is 2.75 bits per heavy atom. The highest BCUT2D eigenvalue weighted by molar-refractivity contribution is 6.31. The van der Waals surface area contributed by atoms with Crippen LogP contribution < -0.4 is 4.90 Å². The van der Waals surface area contributed by atoms with E-state index in [1.807, 2.05) is 0 Å². The third kappa shape index (κ3) is 3.11. The van der Waals surface area contributed by atoms with Crippen molar-refractivity contribution in [1.82, 2.24) is 4.98 Å². The van der Waals surface area contributed by atoms with Crippen LogP contribution in [0.4, 0.5) is 14.6 Å². The Bertz CT molecular complexity index is 649. The van der Waals surface area contributed by atoms with E-state index in [0.29, 0.717) is 5.56 Å². The van der Waals surface area contributed by atoms with Gasteiger partial charge >= 0.3 is 0 Å². The van der Waals surface area contributed by atoms with Crippen LogP contribution in [0.5, 0.6) is 0 Å². The van der Waals surface area contributed by atoms with E-state index in [1.54, 1.807) is 0 Å². The number of benzene rings is 1. The Labute approximate surface area is 119 Å². The Morgan fingerprint density at radius 2 is 2.10 bits per heavy atom. The summed E-state index contributed by atoms with van der Waals surface area (Å²) >= 11 is 5.86. The van der Waals surface area contributed by atoms with Crippen LogP contribution in [0.1, 0.15) is 5.56 Å². The fourth-order valence-corrected chi connectivity index (χ4v) is 1.92. The van der Waals surface area contributed by atoms with Gasteiger partial charge in [0.2, 0.25) is 5.91 Å². The van der Waals surface area contributed by atoms with Crippen molar-refractivity contribution in [3.8, 4) is 0 Å². The monoisotopic (exact) mass is 296 g/mol. The number of aromatic nitrogens is 1.